The molecule has 0 aliphatic carbocycles. The van der Waals surface area contributed by atoms with Crippen molar-refractivity contribution in [3.63, 3.8) is 0 Å². The lowest BCUT2D eigenvalue weighted by Gasteiger charge is -2.11. The second-order valence-corrected chi connectivity index (χ2v) is 4.65. The van der Waals surface area contributed by atoms with E-state index in [1.54, 1.807) is 32.2 Å². The smallest absolute Gasteiger partial charge is 0.176 e. The minimum atomic E-state index is -0.199. The van der Waals surface area contributed by atoms with E-state index >= 15 is 0 Å². The SMILES string of the molecule is CCOc1cc(C(=O)C(C)Br)ccc1OC. The molecule has 0 bridgehead atoms. The van der Waals surface area contributed by atoms with Gasteiger partial charge in [0.25, 0.3) is 0 Å². The molecule has 16 heavy (non-hydrogen) atoms. The number of ether oxygens (including phenoxy) is 2. The molecule has 1 aromatic carbocycles. The minimum absolute atomic E-state index is 0.0311. The lowest BCUT2D eigenvalue weighted by atomic mass is 10.1. The maximum atomic E-state index is 11.8. The van der Waals surface area contributed by atoms with Gasteiger partial charge in [-0.05, 0) is 32.0 Å². The Hall–Kier alpha value is -1.03. The molecule has 0 aliphatic rings. The average Bonchev–Trinajstić information content (AvgIpc) is 2.28. The lowest BCUT2D eigenvalue weighted by Crippen LogP contribution is -2.10. The van der Waals surface area contributed by atoms with Gasteiger partial charge in [-0.15, -0.1) is 0 Å². The highest BCUT2D eigenvalue weighted by Gasteiger charge is 2.14. The van der Waals surface area contributed by atoms with Crippen LogP contribution in [0.1, 0.15) is 24.2 Å². The van der Waals surface area contributed by atoms with E-state index in [0.29, 0.717) is 23.7 Å². The predicted octanol–water partition coefficient (Wildman–Crippen LogP) is 3.06. The Morgan fingerprint density at radius 1 is 1.44 bits per heavy atom. The molecule has 0 radical (unpaired) electrons. The molecule has 0 aromatic heterocycles. The van der Waals surface area contributed by atoms with Gasteiger partial charge in [0.1, 0.15) is 0 Å². The van der Waals surface area contributed by atoms with Crippen LogP contribution >= 0.6 is 15.9 Å². The molecule has 4 heteroatoms. The lowest BCUT2D eigenvalue weighted by molar-refractivity contribution is 0.0995. The maximum absolute atomic E-state index is 11.8. The van der Waals surface area contributed by atoms with Crippen molar-refractivity contribution in [2.75, 3.05) is 13.7 Å². The van der Waals surface area contributed by atoms with Crippen LogP contribution < -0.4 is 9.47 Å². The normalized spacial score (nSPS) is 12.0. The van der Waals surface area contributed by atoms with E-state index in [0.717, 1.165) is 0 Å². The van der Waals surface area contributed by atoms with Crippen LogP contribution in [-0.2, 0) is 0 Å². The summed E-state index contributed by atoms with van der Waals surface area (Å²) in [6.07, 6.45) is 0. The molecule has 0 heterocycles. The van der Waals surface area contributed by atoms with Crippen molar-refractivity contribution in [3.8, 4) is 11.5 Å². The predicted molar refractivity (Wildman–Crippen MR) is 66.9 cm³/mol. The zero-order valence-corrected chi connectivity index (χ0v) is 11.2. The van der Waals surface area contributed by atoms with E-state index in [-0.39, 0.29) is 10.6 Å². The maximum Gasteiger partial charge on any atom is 0.176 e. The van der Waals surface area contributed by atoms with Gasteiger partial charge in [-0.25, -0.2) is 0 Å². The molecule has 1 aromatic rings. The largest absolute Gasteiger partial charge is 0.493 e. The topological polar surface area (TPSA) is 35.5 Å². The number of methoxy groups -OCH3 is 1. The first-order chi connectivity index (χ1) is 7.60. The van der Waals surface area contributed by atoms with Crippen molar-refractivity contribution in [2.45, 2.75) is 18.7 Å². The van der Waals surface area contributed by atoms with E-state index in [2.05, 4.69) is 15.9 Å². The van der Waals surface area contributed by atoms with Crippen molar-refractivity contribution >= 4 is 21.7 Å². The molecule has 0 amide bonds. The molecule has 88 valence electrons. The number of alkyl halides is 1. The Balaban J connectivity index is 3.06. The Morgan fingerprint density at radius 3 is 2.62 bits per heavy atom. The molecule has 1 unspecified atom stereocenters. The van der Waals surface area contributed by atoms with Crippen LogP contribution in [0.2, 0.25) is 0 Å². The van der Waals surface area contributed by atoms with Crippen molar-refractivity contribution in [1.82, 2.24) is 0 Å². The van der Waals surface area contributed by atoms with E-state index in [1.165, 1.54) is 0 Å². The Labute approximate surface area is 104 Å². The van der Waals surface area contributed by atoms with Gasteiger partial charge in [0.15, 0.2) is 17.3 Å². The third-order valence-corrected chi connectivity index (χ3v) is 2.53. The standard InChI is InChI=1S/C12H15BrO3/c1-4-16-11-7-9(12(14)8(2)13)5-6-10(11)15-3/h5-8H,4H2,1-3H3. The Kier molecular flexibility index (Phi) is 4.80. The summed E-state index contributed by atoms with van der Waals surface area (Å²) in [5.74, 6) is 1.27. The number of hydrogen-bond acceptors (Lipinski definition) is 3. The van der Waals surface area contributed by atoms with E-state index in [9.17, 15) is 4.79 Å². The molecule has 0 aliphatic heterocycles. The van der Waals surface area contributed by atoms with Crippen LogP contribution in [0.15, 0.2) is 18.2 Å². The fourth-order valence-electron chi connectivity index (χ4n) is 1.33. The van der Waals surface area contributed by atoms with Gasteiger partial charge in [-0.2, -0.15) is 0 Å². The molecule has 1 rings (SSSR count). The van der Waals surface area contributed by atoms with Crippen LogP contribution in [0.5, 0.6) is 11.5 Å². The van der Waals surface area contributed by atoms with Crippen molar-refractivity contribution in [1.29, 1.82) is 0 Å². The third-order valence-electron chi connectivity index (χ3n) is 2.11. The van der Waals surface area contributed by atoms with Gasteiger partial charge in [0.2, 0.25) is 0 Å². The number of benzene rings is 1. The zero-order valence-electron chi connectivity index (χ0n) is 9.62. The molecule has 0 N–H and O–H groups in total. The number of ketones is 1. The Morgan fingerprint density at radius 2 is 2.12 bits per heavy atom. The van der Waals surface area contributed by atoms with Crippen LogP contribution in [0.25, 0.3) is 0 Å². The summed E-state index contributed by atoms with van der Waals surface area (Å²) in [5.41, 5.74) is 0.619. The molecule has 0 spiro atoms. The summed E-state index contributed by atoms with van der Waals surface area (Å²) in [7, 11) is 1.58. The number of carbonyl (C=O) groups excluding carboxylic acids is 1. The monoisotopic (exact) mass is 286 g/mol. The molecule has 0 saturated carbocycles. The number of Topliss-reactive ketones (excluding diaryl/α,β-unsaturated/α-hetero) is 1. The first-order valence-electron chi connectivity index (χ1n) is 5.09. The van der Waals surface area contributed by atoms with Gasteiger partial charge in [0, 0.05) is 5.56 Å². The van der Waals surface area contributed by atoms with Crippen molar-refractivity contribution in [3.05, 3.63) is 23.8 Å². The molecular formula is C12H15BrO3. The first kappa shape index (κ1) is 13.0. The number of hydrogen-bond donors (Lipinski definition) is 0. The molecular weight excluding hydrogens is 272 g/mol. The molecule has 0 fully saturated rings. The highest BCUT2D eigenvalue weighted by atomic mass is 79.9. The highest BCUT2D eigenvalue weighted by Crippen LogP contribution is 2.28. The number of rotatable bonds is 5. The second-order valence-electron chi connectivity index (χ2n) is 3.28. The molecule has 3 nitrogen and oxygen atoms in total. The first-order valence-corrected chi connectivity index (χ1v) is 6.00. The second kappa shape index (κ2) is 5.89. The minimum Gasteiger partial charge on any atom is -0.493 e. The summed E-state index contributed by atoms with van der Waals surface area (Å²) >= 11 is 3.25. The van der Waals surface area contributed by atoms with Crippen LogP contribution in [0, 0.1) is 0 Å². The fourth-order valence-corrected chi connectivity index (χ4v) is 1.59. The third kappa shape index (κ3) is 2.98. The van der Waals surface area contributed by atoms with Gasteiger partial charge < -0.3 is 9.47 Å². The van der Waals surface area contributed by atoms with Crippen LogP contribution in [0.4, 0.5) is 0 Å². The fraction of sp³-hybridized carbons (Fsp3) is 0.417. The van der Waals surface area contributed by atoms with E-state index < -0.39 is 0 Å². The summed E-state index contributed by atoms with van der Waals surface area (Å²) in [5, 5.41) is 0. The summed E-state index contributed by atoms with van der Waals surface area (Å²) < 4.78 is 10.6. The number of halogens is 1. The summed E-state index contributed by atoms with van der Waals surface area (Å²) in [6.45, 7) is 4.23. The molecule has 0 saturated heterocycles. The molecule has 1 atom stereocenters. The summed E-state index contributed by atoms with van der Waals surface area (Å²) in [4.78, 5) is 11.6. The van der Waals surface area contributed by atoms with Crippen molar-refractivity contribution < 1.29 is 14.3 Å². The van der Waals surface area contributed by atoms with Crippen LogP contribution in [0.3, 0.4) is 0 Å². The van der Waals surface area contributed by atoms with Gasteiger partial charge in [-0.1, -0.05) is 15.9 Å². The Bertz CT molecular complexity index is 375. The highest BCUT2D eigenvalue weighted by molar-refractivity contribution is 9.10. The van der Waals surface area contributed by atoms with Gasteiger partial charge >= 0.3 is 0 Å². The average molecular weight is 287 g/mol. The van der Waals surface area contributed by atoms with Gasteiger partial charge in [0.05, 0.1) is 18.5 Å². The van der Waals surface area contributed by atoms with E-state index in [1.807, 2.05) is 6.92 Å². The van der Waals surface area contributed by atoms with Gasteiger partial charge in [-0.3, -0.25) is 4.79 Å². The van der Waals surface area contributed by atoms with Crippen molar-refractivity contribution in [2.24, 2.45) is 0 Å². The summed E-state index contributed by atoms with van der Waals surface area (Å²) in [6, 6.07) is 5.19. The quantitative estimate of drug-likeness (QED) is 0.616. The zero-order chi connectivity index (χ0) is 12.1. The van der Waals surface area contributed by atoms with E-state index in [4.69, 9.17) is 9.47 Å². The van der Waals surface area contributed by atoms with Crippen LogP contribution in [-0.4, -0.2) is 24.3 Å². The number of carbonyl (C=O) groups is 1.